The quantitative estimate of drug-likeness (QED) is 0.754. The van der Waals surface area contributed by atoms with Crippen molar-refractivity contribution in [2.24, 2.45) is 0 Å². The van der Waals surface area contributed by atoms with Gasteiger partial charge < -0.3 is 0 Å². The Bertz CT molecular complexity index is 901. The van der Waals surface area contributed by atoms with Crippen molar-refractivity contribution in [3.8, 4) is 0 Å². The molecule has 0 saturated carbocycles. The second-order valence-corrected chi connectivity index (χ2v) is 7.22. The summed E-state index contributed by atoms with van der Waals surface area (Å²) in [4.78, 5) is -0.383. The molecular formula is C13H16F5N5O2S. The first-order chi connectivity index (χ1) is 11.8. The van der Waals surface area contributed by atoms with Gasteiger partial charge in [0.05, 0.1) is 17.9 Å². The van der Waals surface area contributed by atoms with E-state index in [-0.39, 0.29) is 39.7 Å². The van der Waals surface area contributed by atoms with Crippen molar-refractivity contribution in [2.75, 3.05) is 6.54 Å². The van der Waals surface area contributed by atoms with Gasteiger partial charge in [0, 0.05) is 12.2 Å². The van der Waals surface area contributed by atoms with Crippen LogP contribution in [-0.2, 0) is 22.7 Å². The molecule has 2 aromatic heterocycles. The van der Waals surface area contributed by atoms with E-state index in [0.29, 0.717) is 0 Å². The van der Waals surface area contributed by atoms with Crippen molar-refractivity contribution < 1.29 is 30.4 Å². The fourth-order valence-corrected chi connectivity index (χ4v) is 3.88. The average Bonchev–Trinajstić information content (AvgIpc) is 2.99. The van der Waals surface area contributed by atoms with Gasteiger partial charge in [-0.05, 0) is 26.8 Å². The summed E-state index contributed by atoms with van der Waals surface area (Å²) in [6.07, 6.45) is -4.60. The third kappa shape index (κ3) is 4.03. The van der Waals surface area contributed by atoms with E-state index in [4.69, 9.17) is 0 Å². The fourth-order valence-electron chi connectivity index (χ4n) is 2.46. The Balaban J connectivity index is 2.14. The van der Waals surface area contributed by atoms with E-state index in [2.05, 4.69) is 14.9 Å². The minimum atomic E-state index is -4.60. The molecule has 0 amide bonds. The Morgan fingerprint density at radius 2 is 1.81 bits per heavy atom. The predicted molar refractivity (Wildman–Crippen MR) is 80.1 cm³/mol. The van der Waals surface area contributed by atoms with Gasteiger partial charge in [0.2, 0.25) is 10.0 Å². The molecule has 26 heavy (non-hydrogen) atoms. The van der Waals surface area contributed by atoms with Crippen LogP contribution in [0.2, 0.25) is 0 Å². The Morgan fingerprint density at radius 3 is 2.27 bits per heavy atom. The highest BCUT2D eigenvalue weighted by Gasteiger charge is 2.34. The SMILES string of the molecule is Cc1nn(C(F)F)c(C)c1S(=O)(=O)NCCn1nc(C(F)(F)F)cc1C. The summed E-state index contributed by atoms with van der Waals surface area (Å²) in [5.41, 5.74) is -1.22. The highest BCUT2D eigenvalue weighted by molar-refractivity contribution is 7.89. The maximum Gasteiger partial charge on any atom is 0.435 e. The van der Waals surface area contributed by atoms with E-state index >= 15 is 0 Å². The molecule has 0 bridgehead atoms. The average molecular weight is 401 g/mol. The molecule has 2 heterocycles. The summed E-state index contributed by atoms with van der Waals surface area (Å²) in [5, 5.41) is 6.87. The van der Waals surface area contributed by atoms with Gasteiger partial charge in [0.1, 0.15) is 4.90 Å². The van der Waals surface area contributed by atoms with Crippen molar-refractivity contribution in [3.05, 3.63) is 28.8 Å². The maximum atomic E-state index is 12.8. The van der Waals surface area contributed by atoms with Crippen molar-refractivity contribution in [3.63, 3.8) is 0 Å². The lowest BCUT2D eigenvalue weighted by atomic mass is 10.4. The third-order valence-electron chi connectivity index (χ3n) is 3.60. The number of hydrogen-bond acceptors (Lipinski definition) is 4. The number of rotatable bonds is 6. The maximum absolute atomic E-state index is 12.8. The Morgan fingerprint density at radius 1 is 1.19 bits per heavy atom. The summed E-state index contributed by atoms with van der Waals surface area (Å²) in [6.45, 7) is 0.424. The lowest BCUT2D eigenvalue weighted by molar-refractivity contribution is -0.141. The van der Waals surface area contributed by atoms with Crippen molar-refractivity contribution in [1.29, 1.82) is 0 Å². The highest BCUT2D eigenvalue weighted by atomic mass is 32.2. The molecule has 1 N–H and O–H groups in total. The van der Waals surface area contributed by atoms with E-state index < -0.39 is 28.4 Å². The molecule has 0 aromatic carbocycles. The Labute approximate surface area is 145 Å². The predicted octanol–water partition coefficient (Wildman–Crippen LogP) is 2.40. The number of nitrogens with zero attached hydrogens (tertiary/aromatic N) is 4. The minimum absolute atomic E-state index is 0.107. The van der Waals surface area contributed by atoms with E-state index in [1.807, 2.05) is 0 Å². The summed E-state index contributed by atoms with van der Waals surface area (Å²) >= 11 is 0. The minimum Gasteiger partial charge on any atom is -0.268 e. The van der Waals surface area contributed by atoms with Gasteiger partial charge in [0.15, 0.2) is 5.69 Å². The third-order valence-corrected chi connectivity index (χ3v) is 5.31. The van der Waals surface area contributed by atoms with Gasteiger partial charge in [-0.2, -0.15) is 32.1 Å². The largest absolute Gasteiger partial charge is 0.435 e. The van der Waals surface area contributed by atoms with Gasteiger partial charge in [0.25, 0.3) is 0 Å². The number of alkyl halides is 5. The highest BCUT2D eigenvalue weighted by Crippen LogP contribution is 2.28. The molecule has 0 aliphatic rings. The monoisotopic (exact) mass is 401 g/mol. The first-order valence-electron chi connectivity index (χ1n) is 7.29. The standard InChI is InChI=1S/C13H16F5N5O2S/c1-7-6-10(13(16,17)18)21-22(7)5-4-19-26(24,25)11-8(2)20-23(9(11)3)12(14)15/h6,12,19H,4-5H2,1-3H3. The molecule has 0 atom stereocenters. The molecule has 0 aliphatic carbocycles. The molecule has 0 unspecified atom stereocenters. The van der Waals surface area contributed by atoms with E-state index in [1.54, 1.807) is 0 Å². The molecule has 0 aliphatic heterocycles. The zero-order chi connectivity index (χ0) is 19.9. The van der Waals surface area contributed by atoms with Crippen LogP contribution in [0.4, 0.5) is 22.0 Å². The number of hydrogen-bond donors (Lipinski definition) is 1. The number of halogens is 5. The summed E-state index contributed by atoms with van der Waals surface area (Å²) in [6, 6.07) is 0.843. The Kier molecular flexibility index (Phi) is 5.42. The van der Waals surface area contributed by atoms with Crippen LogP contribution in [0.25, 0.3) is 0 Å². The first kappa shape index (κ1) is 20.3. The molecule has 7 nitrogen and oxygen atoms in total. The molecule has 0 spiro atoms. The summed E-state index contributed by atoms with van der Waals surface area (Å²) < 4.78 is 91.6. The first-order valence-corrected chi connectivity index (χ1v) is 8.78. The molecule has 0 fully saturated rings. The zero-order valence-corrected chi connectivity index (χ0v) is 14.8. The molecule has 146 valence electrons. The summed E-state index contributed by atoms with van der Waals surface area (Å²) in [7, 11) is -4.17. The van der Waals surface area contributed by atoms with Crippen LogP contribution in [0.5, 0.6) is 0 Å². The van der Waals surface area contributed by atoms with Gasteiger partial charge in [-0.3, -0.25) is 4.68 Å². The number of sulfonamides is 1. The van der Waals surface area contributed by atoms with E-state index in [1.165, 1.54) is 20.8 Å². The number of nitrogens with one attached hydrogen (secondary N) is 1. The van der Waals surface area contributed by atoms with Crippen LogP contribution in [0.1, 0.15) is 29.3 Å². The van der Waals surface area contributed by atoms with E-state index in [0.717, 1.165) is 10.7 Å². The van der Waals surface area contributed by atoms with Crippen LogP contribution < -0.4 is 4.72 Å². The lowest BCUT2D eigenvalue weighted by Crippen LogP contribution is -2.29. The summed E-state index contributed by atoms with van der Waals surface area (Å²) in [5.74, 6) is 0. The van der Waals surface area contributed by atoms with Crippen LogP contribution >= 0.6 is 0 Å². The topological polar surface area (TPSA) is 81.8 Å². The van der Waals surface area contributed by atoms with E-state index in [9.17, 15) is 30.4 Å². The molecule has 0 radical (unpaired) electrons. The normalized spacial score (nSPS) is 13.0. The van der Waals surface area contributed by atoms with Crippen molar-refractivity contribution in [2.45, 2.75) is 44.9 Å². The number of aryl methyl sites for hydroxylation is 2. The van der Waals surface area contributed by atoms with Gasteiger partial charge >= 0.3 is 12.7 Å². The Hall–Kier alpha value is -2.02. The fraction of sp³-hybridized carbons (Fsp3) is 0.538. The molecule has 13 heteroatoms. The van der Waals surface area contributed by atoms with Crippen LogP contribution in [0.15, 0.2) is 11.0 Å². The van der Waals surface area contributed by atoms with Crippen molar-refractivity contribution >= 4 is 10.0 Å². The van der Waals surface area contributed by atoms with Crippen LogP contribution in [0.3, 0.4) is 0 Å². The van der Waals surface area contributed by atoms with Crippen LogP contribution in [0, 0.1) is 20.8 Å². The molecular weight excluding hydrogens is 385 g/mol. The van der Waals surface area contributed by atoms with Crippen molar-refractivity contribution in [1.82, 2.24) is 24.3 Å². The second kappa shape index (κ2) is 6.95. The van der Waals surface area contributed by atoms with Gasteiger partial charge in [-0.25, -0.2) is 17.8 Å². The van der Waals surface area contributed by atoms with Gasteiger partial charge in [-0.1, -0.05) is 0 Å². The smallest absolute Gasteiger partial charge is 0.268 e. The molecule has 2 rings (SSSR count). The second-order valence-electron chi connectivity index (χ2n) is 5.51. The lowest BCUT2D eigenvalue weighted by Gasteiger charge is -2.09. The number of aromatic nitrogens is 4. The van der Waals surface area contributed by atoms with Crippen LogP contribution in [-0.4, -0.2) is 34.5 Å². The molecule has 2 aromatic rings. The van der Waals surface area contributed by atoms with Gasteiger partial charge in [-0.15, -0.1) is 0 Å². The zero-order valence-electron chi connectivity index (χ0n) is 14.0. The molecule has 0 saturated heterocycles.